The molecular weight excluding hydrogens is 439 g/mol. The van der Waals surface area contributed by atoms with Crippen LogP contribution >= 0.6 is 24.0 Å². The van der Waals surface area contributed by atoms with E-state index in [0.717, 1.165) is 45.2 Å². The first-order valence-electron chi connectivity index (χ1n) is 9.08. The zero-order chi connectivity index (χ0) is 18.7. The molecule has 0 fully saturated rings. The molecule has 0 saturated carbocycles. The molecule has 1 rings (SSSR count). The Balaban J connectivity index is 0.00000625. The van der Waals surface area contributed by atoms with Gasteiger partial charge in [-0.05, 0) is 26.0 Å². The van der Waals surface area contributed by atoms with Gasteiger partial charge in [-0.3, -0.25) is 4.99 Å². The van der Waals surface area contributed by atoms with E-state index in [-0.39, 0.29) is 29.4 Å². The number of nitrogens with one attached hydrogen (secondary N) is 2. The number of nitrogens with zero attached hydrogens (tertiary/aromatic N) is 2. The number of aliphatic imine (C=N–C) groups is 1. The van der Waals surface area contributed by atoms with Crippen LogP contribution in [0, 0.1) is 6.92 Å². The predicted molar refractivity (Wildman–Crippen MR) is 123 cm³/mol. The lowest BCUT2D eigenvalue weighted by Crippen LogP contribution is -2.45. The van der Waals surface area contributed by atoms with Crippen LogP contribution in [0.25, 0.3) is 0 Å². The van der Waals surface area contributed by atoms with E-state index in [1.165, 1.54) is 11.1 Å². The van der Waals surface area contributed by atoms with Gasteiger partial charge in [0.1, 0.15) is 0 Å². The molecule has 6 heteroatoms. The maximum atomic E-state index is 5.09. The third-order valence-electron chi connectivity index (χ3n) is 4.43. The molecule has 0 aliphatic heterocycles. The Hall–Kier alpha value is -0.860. The summed E-state index contributed by atoms with van der Waals surface area (Å²) in [6.07, 6.45) is 1.06. The number of likely N-dealkylation sites (N-methyl/N-ethyl adjacent to an activating group) is 1. The molecule has 0 aliphatic carbocycles. The van der Waals surface area contributed by atoms with Crippen LogP contribution in [0.3, 0.4) is 0 Å². The van der Waals surface area contributed by atoms with E-state index in [9.17, 15) is 0 Å². The van der Waals surface area contributed by atoms with Crippen molar-refractivity contribution in [3.63, 3.8) is 0 Å². The Kier molecular flexibility index (Phi) is 12.9. The Bertz CT molecular complexity index is 517. The van der Waals surface area contributed by atoms with Crippen molar-refractivity contribution < 1.29 is 4.74 Å². The van der Waals surface area contributed by atoms with Crippen molar-refractivity contribution in [3.8, 4) is 0 Å². The van der Waals surface area contributed by atoms with E-state index < -0.39 is 0 Å². The molecule has 0 heterocycles. The fraction of sp³-hybridized carbons (Fsp3) is 0.650. The summed E-state index contributed by atoms with van der Waals surface area (Å²) in [5.41, 5.74) is 2.67. The minimum atomic E-state index is 0. The molecule has 0 aliphatic rings. The van der Waals surface area contributed by atoms with Crippen LogP contribution in [-0.4, -0.2) is 64.9 Å². The number of rotatable bonds is 10. The molecule has 5 nitrogen and oxygen atoms in total. The lowest BCUT2D eigenvalue weighted by atomic mass is 9.84. The maximum absolute atomic E-state index is 5.09. The van der Waals surface area contributed by atoms with Gasteiger partial charge in [-0.25, -0.2) is 0 Å². The Labute approximate surface area is 177 Å². The van der Waals surface area contributed by atoms with Crippen LogP contribution < -0.4 is 10.6 Å². The van der Waals surface area contributed by atoms with E-state index in [2.05, 4.69) is 72.6 Å². The number of methoxy groups -OCH3 is 1. The standard InChI is InChI=1S/C20H36N4O.HI/c1-17-8-10-18(11-9-17)20(2,3)16-23-19(21-4)22-12-14-24(5)13-7-15-25-6;/h8-11H,7,12-16H2,1-6H3,(H2,21,22,23);1H. The smallest absolute Gasteiger partial charge is 0.191 e. The highest BCUT2D eigenvalue weighted by molar-refractivity contribution is 14.0. The molecule has 26 heavy (non-hydrogen) atoms. The van der Waals surface area contributed by atoms with Crippen molar-refractivity contribution in [2.45, 2.75) is 32.6 Å². The van der Waals surface area contributed by atoms with Gasteiger partial charge in [-0.15, -0.1) is 24.0 Å². The summed E-state index contributed by atoms with van der Waals surface area (Å²) < 4.78 is 5.09. The van der Waals surface area contributed by atoms with E-state index in [1.54, 1.807) is 7.11 Å². The molecule has 2 N–H and O–H groups in total. The number of ether oxygens (including phenoxy) is 1. The van der Waals surface area contributed by atoms with Gasteiger partial charge in [0, 0.05) is 52.4 Å². The van der Waals surface area contributed by atoms with Gasteiger partial charge in [-0.1, -0.05) is 43.7 Å². The van der Waals surface area contributed by atoms with E-state index in [0.29, 0.717) is 0 Å². The van der Waals surface area contributed by atoms with Gasteiger partial charge < -0.3 is 20.3 Å². The normalized spacial score (nSPS) is 12.0. The molecule has 1 aromatic rings. The number of guanidine groups is 1. The Morgan fingerprint density at radius 2 is 1.81 bits per heavy atom. The lowest BCUT2D eigenvalue weighted by Gasteiger charge is -2.27. The van der Waals surface area contributed by atoms with Gasteiger partial charge in [0.25, 0.3) is 0 Å². The van der Waals surface area contributed by atoms with Crippen LogP contribution in [0.1, 0.15) is 31.4 Å². The lowest BCUT2D eigenvalue weighted by molar-refractivity contribution is 0.180. The summed E-state index contributed by atoms with van der Waals surface area (Å²) >= 11 is 0. The summed E-state index contributed by atoms with van der Waals surface area (Å²) in [4.78, 5) is 6.63. The second kappa shape index (κ2) is 13.3. The zero-order valence-electron chi connectivity index (χ0n) is 17.3. The van der Waals surface area contributed by atoms with Gasteiger partial charge in [-0.2, -0.15) is 0 Å². The summed E-state index contributed by atoms with van der Waals surface area (Å²) in [5.74, 6) is 0.852. The second-order valence-corrected chi connectivity index (χ2v) is 7.25. The molecule has 0 radical (unpaired) electrons. The largest absolute Gasteiger partial charge is 0.385 e. The number of aryl methyl sites for hydroxylation is 1. The van der Waals surface area contributed by atoms with Crippen LogP contribution in [0.2, 0.25) is 0 Å². The third kappa shape index (κ3) is 9.73. The second-order valence-electron chi connectivity index (χ2n) is 7.25. The Morgan fingerprint density at radius 3 is 2.38 bits per heavy atom. The van der Waals surface area contributed by atoms with Crippen molar-refractivity contribution in [1.29, 1.82) is 0 Å². The molecule has 0 atom stereocenters. The van der Waals surface area contributed by atoms with Crippen LogP contribution in [0.15, 0.2) is 29.3 Å². The van der Waals surface area contributed by atoms with Crippen molar-refractivity contribution in [3.05, 3.63) is 35.4 Å². The molecule has 0 amide bonds. The quantitative estimate of drug-likeness (QED) is 0.236. The molecule has 0 saturated heterocycles. The van der Waals surface area contributed by atoms with E-state index in [4.69, 9.17) is 4.74 Å². The topological polar surface area (TPSA) is 48.9 Å². The predicted octanol–water partition coefficient (Wildman–Crippen LogP) is 3.02. The molecule has 1 aromatic carbocycles. The minimum Gasteiger partial charge on any atom is -0.385 e. The number of benzene rings is 1. The molecule has 0 bridgehead atoms. The summed E-state index contributed by atoms with van der Waals surface area (Å²) in [5, 5.41) is 6.84. The van der Waals surface area contributed by atoms with E-state index >= 15 is 0 Å². The third-order valence-corrected chi connectivity index (χ3v) is 4.43. The highest BCUT2D eigenvalue weighted by Gasteiger charge is 2.20. The SMILES string of the molecule is CN=C(NCCN(C)CCCOC)NCC(C)(C)c1ccc(C)cc1.I. The first kappa shape index (κ1) is 25.1. The minimum absolute atomic E-state index is 0. The van der Waals surface area contributed by atoms with Gasteiger partial charge >= 0.3 is 0 Å². The molecule has 0 spiro atoms. The van der Waals surface area contributed by atoms with Gasteiger partial charge in [0.2, 0.25) is 0 Å². The van der Waals surface area contributed by atoms with Crippen LogP contribution in [0.4, 0.5) is 0 Å². The fourth-order valence-electron chi connectivity index (χ4n) is 2.59. The molecule has 0 aromatic heterocycles. The molecule has 150 valence electrons. The summed E-state index contributed by atoms with van der Waals surface area (Å²) in [6.45, 7) is 11.2. The zero-order valence-corrected chi connectivity index (χ0v) is 19.6. The van der Waals surface area contributed by atoms with Crippen LogP contribution in [0.5, 0.6) is 0 Å². The average molecular weight is 476 g/mol. The van der Waals surface area contributed by atoms with Crippen molar-refractivity contribution in [2.75, 3.05) is 54.0 Å². The Morgan fingerprint density at radius 1 is 1.15 bits per heavy atom. The molecule has 0 unspecified atom stereocenters. The number of hydrogen-bond acceptors (Lipinski definition) is 3. The average Bonchev–Trinajstić information content (AvgIpc) is 2.58. The summed E-state index contributed by atoms with van der Waals surface area (Å²) in [6, 6.07) is 8.76. The van der Waals surface area contributed by atoms with Gasteiger partial charge in [0.15, 0.2) is 5.96 Å². The van der Waals surface area contributed by atoms with Gasteiger partial charge in [0.05, 0.1) is 0 Å². The molecular formula is C20H37IN4O. The highest BCUT2D eigenvalue weighted by Crippen LogP contribution is 2.22. The maximum Gasteiger partial charge on any atom is 0.191 e. The fourth-order valence-corrected chi connectivity index (χ4v) is 2.59. The highest BCUT2D eigenvalue weighted by atomic mass is 127. The van der Waals surface area contributed by atoms with Crippen molar-refractivity contribution >= 4 is 29.9 Å². The van der Waals surface area contributed by atoms with Crippen LogP contribution in [-0.2, 0) is 10.2 Å². The van der Waals surface area contributed by atoms with E-state index in [1.807, 2.05) is 7.05 Å². The number of hydrogen-bond donors (Lipinski definition) is 2. The monoisotopic (exact) mass is 476 g/mol. The van der Waals surface area contributed by atoms with Crippen molar-refractivity contribution in [2.24, 2.45) is 4.99 Å². The van der Waals surface area contributed by atoms with Crippen molar-refractivity contribution in [1.82, 2.24) is 15.5 Å². The first-order chi connectivity index (χ1) is 11.9. The first-order valence-corrected chi connectivity index (χ1v) is 9.08. The summed E-state index contributed by atoms with van der Waals surface area (Å²) in [7, 11) is 5.69. The number of halogens is 1.